The van der Waals surface area contributed by atoms with Crippen molar-refractivity contribution in [1.29, 1.82) is 0 Å². The second kappa shape index (κ2) is 7.74. The largest absolute Gasteiger partial charge is 0.384 e. The number of hydrogen-bond donors (Lipinski definition) is 3. The molecule has 0 bridgehead atoms. The molecule has 0 fully saturated rings. The van der Waals surface area contributed by atoms with Gasteiger partial charge in [0.05, 0.1) is 5.69 Å². The van der Waals surface area contributed by atoms with Gasteiger partial charge in [0.15, 0.2) is 0 Å². The van der Waals surface area contributed by atoms with Crippen LogP contribution in [0.4, 0.5) is 5.82 Å². The Kier molecular flexibility index (Phi) is 5.69. The zero-order chi connectivity index (χ0) is 18.4. The number of aromatic nitrogens is 2. The molecule has 7 nitrogen and oxygen atoms in total. The Morgan fingerprint density at radius 1 is 1.16 bits per heavy atom. The van der Waals surface area contributed by atoms with E-state index in [1.807, 2.05) is 26.0 Å². The van der Waals surface area contributed by atoms with Gasteiger partial charge in [-0.15, -0.1) is 0 Å². The Labute approximate surface area is 147 Å². The monoisotopic (exact) mass is 341 g/mol. The van der Waals surface area contributed by atoms with Crippen molar-refractivity contribution in [2.24, 2.45) is 0 Å². The van der Waals surface area contributed by atoms with Crippen LogP contribution in [0.3, 0.4) is 0 Å². The summed E-state index contributed by atoms with van der Waals surface area (Å²) >= 11 is 0. The second-order valence-electron chi connectivity index (χ2n) is 6.42. The summed E-state index contributed by atoms with van der Waals surface area (Å²) in [5, 5.41) is 5.53. The van der Waals surface area contributed by atoms with Crippen LogP contribution in [-0.2, 0) is 4.79 Å². The summed E-state index contributed by atoms with van der Waals surface area (Å²) in [6, 6.07) is 8.77. The second-order valence-corrected chi connectivity index (χ2v) is 6.42. The topological polar surface area (TPSA) is 110 Å². The lowest BCUT2D eigenvalue weighted by Crippen LogP contribution is -2.44. The smallest absolute Gasteiger partial charge is 0.251 e. The lowest BCUT2D eigenvalue weighted by Gasteiger charge is -2.26. The molecule has 25 heavy (non-hydrogen) atoms. The van der Waals surface area contributed by atoms with E-state index in [9.17, 15) is 9.59 Å². The molecular weight excluding hydrogens is 318 g/mol. The van der Waals surface area contributed by atoms with E-state index in [1.165, 1.54) is 6.33 Å². The highest BCUT2D eigenvalue weighted by molar-refractivity contribution is 5.95. The van der Waals surface area contributed by atoms with Crippen LogP contribution in [0, 0.1) is 0 Å². The SMILES string of the molecule is CNC(=O)CCC(C)(C)NC(=O)c1ccc(-c2cc(N)ncn2)cc1. The summed E-state index contributed by atoms with van der Waals surface area (Å²) in [6.07, 6.45) is 2.31. The Morgan fingerprint density at radius 3 is 2.44 bits per heavy atom. The Hall–Kier alpha value is -2.96. The standard InChI is InChI=1S/C18H23N5O2/c1-18(2,9-8-16(24)20-3)23-17(25)13-6-4-12(5-7-13)14-10-15(19)22-11-21-14/h4-7,10-11H,8-9H2,1-3H3,(H,20,24)(H,23,25)(H2,19,21,22). The van der Waals surface area contributed by atoms with Gasteiger partial charge in [0.2, 0.25) is 5.91 Å². The predicted molar refractivity (Wildman–Crippen MR) is 96.7 cm³/mol. The first-order valence-corrected chi connectivity index (χ1v) is 8.02. The van der Waals surface area contributed by atoms with Crippen molar-refractivity contribution in [3.05, 3.63) is 42.2 Å². The normalized spacial score (nSPS) is 11.0. The summed E-state index contributed by atoms with van der Waals surface area (Å²) in [7, 11) is 1.60. The van der Waals surface area contributed by atoms with E-state index in [-0.39, 0.29) is 11.8 Å². The molecular formula is C18H23N5O2. The van der Waals surface area contributed by atoms with Crippen LogP contribution in [-0.4, -0.2) is 34.4 Å². The third-order valence-corrected chi connectivity index (χ3v) is 3.84. The number of nitrogen functional groups attached to an aromatic ring is 1. The molecule has 2 amide bonds. The number of benzene rings is 1. The fourth-order valence-corrected chi connectivity index (χ4v) is 2.32. The van der Waals surface area contributed by atoms with Gasteiger partial charge >= 0.3 is 0 Å². The van der Waals surface area contributed by atoms with Crippen molar-refractivity contribution in [2.45, 2.75) is 32.2 Å². The van der Waals surface area contributed by atoms with Crippen molar-refractivity contribution >= 4 is 17.6 Å². The van der Waals surface area contributed by atoms with Crippen LogP contribution < -0.4 is 16.4 Å². The molecule has 0 saturated carbocycles. The highest BCUT2D eigenvalue weighted by atomic mass is 16.2. The lowest BCUT2D eigenvalue weighted by molar-refractivity contribution is -0.121. The number of carbonyl (C=O) groups is 2. The van der Waals surface area contributed by atoms with Crippen molar-refractivity contribution in [2.75, 3.05) is 12.8 Å². The molecule has 0 radical (unpaired) electrons. The Morgan fingerprint density at radius 2 is 1.84 bits per heavy atom. The van der Waals surface area contributed by atoms with Crippen LogP contribution in [0.15, 0.2) is 36.7 Å². The minimum atomic E-state index is -0.483. The summed E-state index contributed by atoms with van der Waals surface area (Å²) in [6.45, 7) is 3.79. The number of amides is 2. The summed E-state index contributed by atoms with van der Waals surface area (Å²) < 4.78 is 0. The summed E-state index contributed by atoms with van der Waals surface area (Å²) in [5.41, 5.74) is 7.27. The number of rotatable bonds is 6. The van der Waals surface area contributed by atoms with Crippen molar-refractivity contribution in [3.8, 4) is 11.3 Å². The van der Waals surface area contributed by atoms with Gasteiger partial charge in [-0.1, -0.05) is 12.1 Å². The predicted octanol–water partition coefficient (Wildman–Crippen LogP) is 1.76. The molecule has 0 saturated heterocycles. The van der Waals surface area contributed by atoms with E-state index < -0.39 is 5.54 Å². The zero-order valence-corrected chi connectivity index (χ0v) is 14.7. The number of nitrogens with zero attached hydrogens (tertiary/aromatic N) is 2. The van der Waals surface area contributed by atoms with Gasteiger partial charge in [-0.2, -0.15) is 0 Å². The molecule has 1 aromatic heterocycles. The number of nitrogens with one attached hydrogen (secondary N) is 2. The highest BCUT2D eigenvalue weighted by Crippen LogP contribution is 2.19. The zero-order valence-electron chi connectivity index (χ0n) is 14.7. The maximum absolute atomic E-state index is 12.4. The molecule has 0 aliphatic heterocycles. The first-order chi connectivity index (χ1) is 11.8. The number of nitrogens with two attached hydrogens (primary N) is 1. The molecule has 0 atom stereocenters. The third kappa shape index (κ3) is 5.27. The number of hydrogen-bond acceptors (Lipinski definition) is 5. The maximum atomic E-state index is 12.4. The minimum absolute atomic E-state index is 0.0456. The third-order valence-electron chi connectivity index (χ3n) is 3.84. The van der Waals surface area contributed by atoms with Crippen LogP contribution in [0.25, 0.3) is 11.3 Å². The van der Waals surface area contributed by atoms with E-state index in [2.05, 4.69) is 20.6 Å². The van der Waals surface area contributed by atoms with Crippen molar-refractivity contribution in [3.63, 3.8) is 0 Å². The average molecular weight is 341 g/mol. The van der Waals surface area contributed by atoms with Gasteiger partial charge in [0.25, 0.3) is 5.91 Å². The van der Waals surface area contributed by atoms with Gasteiger partial charge in [-0.25, -0.2) is 9.97 Å². The van der Waals surface area contributed by atoms with E-state index in [4.69, 9.17) is 5.73 Å². The molecule has 2 rings (SSSR count). The quantitative estimate of drug-likeness (QED) is 0.741. The van der Waals surface area contributed by atoms with Crippen LogP contribution >= 0.6 is 0 Å². The molecule has 0 aliphatic rings. The average Bonchev–Trinajstić information content (AvgIpc) is 2.59. The molecule has 1 aromatic carbocycles. The van der Waals surface area contributed by atoms with Gasteiger partial charge in [0.1, 0.15) is 12.1 Å². The molecule has 0 spiro atoms. The molecule has 0 aliphatic carbocycles. The van der Waals surface area contributed by atoms with Crippen LogP contribution in [0.5, 0.6) is 0 Å². The van der Waals surface area contributed by atoms with Crippen molar-refractivity contribution < 1.29 is 9.59 Å². The highest BCUT2D eigenvalue weighted by Gasteiger charge is 2.22. The van der Waals surface area contributed by atoms with E-state index in [0.29, 0.717) is 29.9 Å². The van der Waals surface area contributed by atoms with E-state index in [1.54, 1.807) is 25.2 Å². The van der Waals surface area contributed by atoms with Crippen molar-refractivity contribution in [1.82, 2.24) is 20.6 Å². The molecule has 1 heterocycles. The maximum Gasteiger partial charge on any atom is 0.251 e. The summed E-state index contributed by atoms with van der Waals surface area (Å²) in [5.74, 6) is 0.163. The van der Waals surface area contributed by atoms with Gasteiger partial charge < -0.3 is 16.4 Å². The molecule has 0 unspecified atom stereocenters. The first-order valence-electron chi connectivity index (χ1n) is 8.02. The van der Waals surface area contributed by atoms with Crippen LogP contribution in [0.2, 0.25) is 0 Å². The minimum Gasteiger partial charge on any atom is -0.384 e. The van der Waals surface area contributed by atoms with E-state index in [0.717, 1.165) is 5.56 Å². The van der Waals surface area contributed by atoms with Gasteiger partial charge in [-0.05, 0) is 32.4 Å². The Balaban J connectivity index is 2.04. The summed E-state index contributed by atoms with van der Waals surface area (Å²) in [4.78, 5) is 31.8. The Bertz CT molecular complexity index is 756. The molecule has 7 heteroatoms. The first kappa shape index (κ1) is 18.4. The molecule has 132 valence electrons. The van der Waals surface area contributed by atoms with E-state index >= 15 is 0 Å². The number of anilines is 1. The fraction of sp³-hybridized carbons (Fsp3) is 0.333. The van der Waals surface area contributed by atoms with Gasteiger partial charge in [-0.3, -0.25) is 9.59 Å². The molecule has 2 aromatic rings. The van der Waals surface area contributed by atoms with Crippen LogP contribution in [0.1, 0.15) is 37.0 Å². The fourth-order valence-electron chi connectivity index (χ4n) is 2.32. The van der Waals surface area contributed by atoms with Gasteiger partial charge in [0, 0.05) is 36.2 Å². The molecule has 4 N–H and O–H groups in total. The number of carbonyl (C=O) groups excluding carboxylic acids is 2. The lowest BCUT2D eigenvalue weighted by atomic mass is 9.97.